The number of halogens is 1. The average molecular weight is 199 g/mol. The van der Waals surface area contributed by atoms with Crippen molar-refractivity contribution in [2.75, 3.05) is 0 Å². The third-order valence-corrected chi connectivity index (χ3v) is 1.65. The SMILES string of the molecule is O=c1[nH]cnc2c(=O)[nH]c(Cl)nc12. The first-order chi connectivity index (χ1) is 6.18. The van der Waals surface area contributed by atoms with E-state index in [4.69, 9.17) is 11.6 Å². The average Bonchev–Trinajstić information content (AvgIpc) is 2.07. The molecule has 2 rings (SSSR count). The lowest BCUT2D eigenvalue weighted by Crippen LogP contribution is -2.17. The Morgan fingerprint density at radius 2 is 2.00 bits per heavy atom. The molecular weight excluding hydrogens is 196 g/mol. The monoisotopic (exact) mass is 198 g/mol. The molecule has 13 heavy (non-hydrogen) atoms. The van der Waals surface area contributed by atoms with Crippen molar-refractivity contribution < 1.29 is 0 Å². The topological polar surface area (TPSA) is 91.5 Å². The van der Waals surface area contributed by atoms with Crippen molar-refractivity contribution >= 4 is 22.6 Å². The van der Waals surface area contributed by atoms with E-state index in [0.29, 0.717) is 0 Å². The summed E-state index contributed by atoms with van der Waals surface area (Å²) in [5, 5.41) is -0.129. The second-order valence-electron chi connectivity index (χ2n) is 2.29. The molecule has 2 aromatic rings. The van der Waals surface area contributed by atoms with E-state index in [1.54, 1.807) is 0 Å². The highest BCUT2D eigenvalue weighted by Gasteiger charge is 2.05. The predicted octanol–water partition coefficient (Wildman–Crippen LogP) is -0.340. The van der Waals surface area contributed by atoms with Gasteiger partial charge in [-0.1, -0.05) is 0 Å². The molecule has 0 aliphatic carbocycles. The maximum absolute atomic E-state index is 11.2. The van der Waals surface area contributed by atoms with Crippen LogP contribution in [0.4, 0.5) is 0 Å². The van der Waals surface area contributed by atoms with Gasteiger partial charge in [-0.3, -0.25) is 14.6 Å². The normalized spacial score (nSPS) is 10.5. The van der Waals surface area contributed by atoms with Gasteiger partial charge in [-0.25, -0.2) is 9.97 Å². The molecule has 7 heteroatoms. The quantitative estimate of drug-likeness (QED) is 0.567. The smallest absolute Gasteiger partial charge is 0.278 e. The zero-order valence-electron chi connectivity index (χ0n) is 6.17. The molecule has 0 spiro atoms. The number of aromatic nitrogens is 4. The number of nitrogens with one attached hydrogen (secondary N) is 2. The second kappa shape index (κ2) is 2.67. The lowest BCUT2D eigenvalue weighted by atomic mass is 10.4. The van der Waals surface area contributed by atoms with Crippen molar-refractivity contribution in [2.45, 2.75) is 0 Å². The fourth-order valence-corrected chi connectivity index (χ4v) is 1.11. The Morgan fingerprint density at radius 1 is 1.23 bits per heavy atom. The van der Waals surface area contributed by atoms with Crippen molar-refractivity contribution in [3.8, 4) is 0 Å². The molecule has 2 N–H and O–H groups in total. The highest BCUT2D eigenvalue weighted by Crippen LogP contribution is 1.99. The van der Waals surface area contributed by atoms with E-state index in [0.717, 1.165) is 6.33 Å². The van der Waals surface area contributed by atoms with Gasteiger partial charge in [0.05, 0.1) is 6.33 Å². The molecule has 0 radical (unpaired) electrons. The summed E-state index contributed by atoms with van der Waals surface area (Å²) in [4.78, 5) is 34.1. The highest BCUT2D eigenvalue weighted by molar-refractivity contribution is 6.28. The summed E-state index contributed by atoms with van der Waals surface area (Å²) >= 11 is 5.45. The Hall–Kier alpha value is -1.69. The molecule has 0 aromatic carbocycles. The zero-order valence-corrected chi connectivity index (χ0v) is 6.92. The summed E-state index contributed by atoms with van der Waals surface area (Å²) in [6.07, 6.45) is 1.13. The van der Waals surface area contributed by atoms with E-state index in [2.05, 4.69) is 19.9 Å². The first-order valence-electron chi connectivity index (χ1n) is 3.31. The predicted molar refractivity (Wildman–Crippen MR) is 45.8 cm³/mol. The van der Waals surface area contributed by atoms with Gasteiger partial charge in [0.1, 0.15) is 0 Å². The van der Waals surface area contributed by atoms with Crippen LogP contribution >= 0.6 is 11.6 Å². The number of hydrogen-bond donors (Lipinski definition) is 2. The third kappa shape index (κ3) is 1.20. The van der Waals surface area contributed by atoms with Crippen LogP contribution in [0.5, 0.6) is 0 Å². The maximum Gasteiger partial charge on any atom is 0.278 e. The Balaban J connectivity index is 3.12. The molecule has 0 amide bonds. The van der Waals surface area contributed by atoms with Crippen molar-refractivity contribution in [1.82, 2.24) is 19.9 Å². The van der Waals surface area contributed by atoms with Crippen LogP contribution in [0.15, 0.2) is 15.9 Å². The van der Waals surface area contributed by atoms with E-state index < -0.39 is 11.1 Å². The molecule has 0 saturated heterocycles. The minimum absolute atomic E-state index is 0.0202. The van der Waals surface area contributed by atoms with Crippen LogP contribution in [0.2, 0.25) is 5.28 Å². The van der Waals surface area contributed by atoms with Crippen LogP contribution in [-0.4, -0.2) is 19.9 Å². The van der Waals surface area contributed by atoms with E-state index in [-0.39, 0.29) is 16.3 Å². The number of nitrogens with zero attached hydrogens (tertiary/aromatic N) is 2. The number of H-pyrrole nitrogens is 2. The van der Waals surface area contributed by atoms with E-state index in [1.807, 2.05) is 0 Å². The highest BCUT2D eigenvalue weighted by atomic mass is 35.5. The number of fused-ring (bicyclic) bond motifs is 1. The molecule has 66 valence electrons. The lowest BCUT2D eigenvalue weighted by molar-refractivity contribution is 1.09. The van der Waals surface area contributed by atoms with Gasteiger partial charge in [-0.15, -0.1) is 0 Å². The van der Waals surface area contributed by atoms with E-state index in [1.165, 1.54) is 0 Å². The molecule has 0 fully saturated rings. The Bertz CT molecular complexity index is 573. The Labute approximate surface area is 75.6 Å². The van der Waals surface area contributed by atoms with Gasteiger partial charge in [-0.2, -0.15) is 0 Å². The van der Waals surface area contributed by atoms with Crippen LogP contribution in [0.25, 0.3) is 11.0 Å². The van der Waals surface area contributed by atoms with Gasteiger partial charge in [0, 0.05) is 0 Å². The van der Waals surface area contributed by atoms with Crippen LogP contribution in [-0.2, 0) is 0 Å². The molecule has 6 nitrogen and oxygen atoms in total. The van der Waals surface area contributed by atoms with Gasteiger partial charge in [0.2, 0.25) is 5.28 Å². The molecule has 0 saturated carbocycles. The van der Waals surface area contributed by atoms with Crippen molar-refractivity contribution in [3.05, 3.63) is 32.3 Å². The summed E-state index contributed by atoms with van der Waals surface area (Å²) in [5.41, 5.74) is -1.09. The summed E-state index contributed by atoms with van der Waals surface area (Å²) in [6, 6.07) is 0. The molecular formula is C6H3ClN4O2. The molecule has 0 atom stereocenters. The van der Waals surface area contributed by atoms with Crippen molar-refractivity contribution in [3.63, 3.8) is 0 Å². The molecule has 0 bridgehead atoms. The minimum atomic E-state index is -0.527. The van der Waals surface area contributed by atoms with Gasteiger partial charge in [0.25, 0.3) is 11.1 Å². The van der Waals surface area contributed by atoms with Crippen molar-refractivity contribution in [1.29, 1.82) is 0 Å². The van der Waals surface area contributed by atoms with Gasteiger partial charge < -0.3 is 4.98 Å². The molecule has 2 aromatic heterocycles. The summed E-state index contributed by atoms with van der Waals surface area (Å²) in [6.45, 7) is 0. The van der Waals surface area contributed by atoms with Crippen LogP contribution < -0.4 is 11.1 Å². The van der Waals surface area contributed by atoms with Gasteiger partial charge >= 0.3 is 0 Å². The lowest BCUT2D eigenvalue weighted by Gasteiger charge is -1.93. The van der Waals surface area contributed by atoms with Crippen LogP contribution in [0.3, 0.4) is 0 Å². The van der Waals surface area contributed by atoms with Gasteiger partial charge in [-0.05, 0) is 11.6 Å². The van der Waals surface area contributed by atoms with Crippen LogP contribution in [0, 0.1) is 0 Å². The minimum Gasteiger partial charge on any atom is -0.311 e. The van der Waals surface area contributed by atoms with Gasteiger partial charge in [0.15, 0.2) is 11.0 Å². The molecule has 0 aliphatic rings. The molecule has 0 aliphatic heterocycles. The van der Waals surface area contributed by atoms with E-state index >= 15 is 0 Å². The second-order valence-corrected chi connectivity index (χ2v) is 2.64. The largest absolute Gasteiger partial charge is 0.311 e. The number of hydrogen-bond acceptors (Lipinski definition) is 4. The fourth-order valence-electron chi connectivity index (χ4n) is 0.941. The first kappa shape index (κ1) is 7.93. The van der Waals surface area contributed by atoms with E-state index in [9.17, 15) is 9.59 Å². The van der Waals surface area contributed by atoms with Crippen LogP contribution in [0.1, 0.15) is 0 Å². The Kier molecular flexibility index (Phi) is 1.63. The molecule has 2 heterocycles. The van der Waals surface area contributed by atoms with Crippen molar-refractivity contribution in [2.24, 2.45) is 0 Å². The third-order valence-electron chi connectivity index (χ3n) is 1.47. The number of rotatable bonds is 0. The first-order valence-corrected chi connectivity index (χ1v) is 3.69. The number of aromatic amines is 2. The Morgan fingerprint density at radius 3 is 2.77 bits per heavy atom. The summed E-state index contributed by atoms with van der Waals surface area (Å²) in [7, 11) is 0. The standard InChI is InChI=1S/C6H3ClN4O2/c7-6-10-3-2(5(13)11-6)8-1-9-4(3)12/h1H,(H,8,9,12)(H,10,11,13). The summed E-state index contributed by atoms with van der Waals surface area (Å²) in [5.74, 6) is 0. The molecule has 0 unspecified atom stereocenters. The summed E-state index contributed by atoms with van der Waals surface area (Å²) < 4.78 is 0. The maximum atomic E-state index is 11.2. The zero-order chi connectivity index (χ0) is 9.42. The fraction of sp³-hybridized carbons (Fsp3) is 0.